The van der Waals surface area contributed by atoms with Gasteiger partial charge in [0.05, 0.1) is 29.7 Å². The average molecular weight is 460 g/mol. The van der Waals surface area contributed by atoms with E-state index < -0.39 is 0 Å². The fraction of sp³-hybridized carbons (Fsp3) is 0.167. The van der Waals surface area contributed by atoms with Gasteiger partial charge in [-0.1, -0.05) is 23.7 Å². The van der Waals surface area contributed by atoms with Crippen LogP contribution in [0, 0.1) is 13.8 Å². The molecule has 0 aliphatic heterocycles. The van der Waals surface area contributed by atoms with Crippen LogP contribution in [-0.2, 0) is 7.05 Å². The number of benzene rings is 1. The van der Waals surface area contributed by atoms with Crippen LogP contribution < -0.4 is 10.1 Å². The molecule has 5 aromatic rings. The molecule has 8 nitrogen and oxygen atoms in total. The molecule has 1 aromatic carbocycles. The first-order valence-electron chi connectivity index (χ1n) is 10.4. The molecule has 0 radical (unpaired) electrons. The van der Waals surface area contributed by atoms with Crippen LogP contribution >= 0.6 is 11.6 Å². The number of pyridine rings is 2. The van der Waals surface area contributed by atoms with Gasteiger partial charge in [-0.2, -0.15) is 4.98 Å². The molecule has 0 saturated carbocycles. The van der Waals surface area contributed by atoms with Crippen molar-refractivity contribution in [2.45, 2.75) is 13.8 Å². The lowest BCUT2D eigenvalue weighted by Gasteiger charge is -2.12. The summed E-state index contributed by atoms with van der Waals surface area (Å²) in [6.07, 6.45) is 3.65. The van der Waals surface area contributed by atoms with Crippen LogP contribution in [-0.4, -0.2) is 36.2 Å². The number of fused-ring (bicyclic) bond motifs is 1. The predicted octanol–water partition coefficient (Wildman–Crippen LogP) is 5.24. The SMILES string of the molecule is COc1nc(Nc2nc(C)cc3c2nc(-c2ccccc2Cl)n3C)ccc1-n1cnc(C)c1. The van der Waals surface area contributed by atoms with Gasteiger partial charge >= 0.3 is 0 Å². The minimum atomic E-state index is 0.471. The largest absolute Gasteiger partial charge is 0.479 e. The van der Waals surface area contributed by atoms with Crippen LogP contribution in [0.4, 0.5) is 11.6 Å². The summed E-state index contributed by atoms with van der Waals surface area (Å²) < 4.78 is 9.44. The molecular weight excluding hydrogens is 438 g/mol. The van der Waals surface area contributed by atoms with Crippen LogP contribution in [0.3, 0.4) is 0 Å². The van der Waals surface area contributed by atoms with Gasteiger partial charge in [-0.3, -0.25) is 0 Å². The number of nitrogens with one attached hydrogen (secondary N) is 1. The van der Waals surface area contributed by atoms with E-state index in [1.165, 1.54) is 0 Å². The molecule has 0 unspecified atom stereocenters. The Morgan fingerprint density at radius 1 is 1.00 bits per heavy atom. The Hall–Kier alpha value is -3.91. The van der Waals surface area contributed by atoms with E-state index in [0.29, 0.717) is 22.5 Å². The van der Waals surface area contributed by atoms with Gasteiger partial charge in [-0.15, -0.1) is 0 Å². The third-order valence-corrected chi connectivity index (χ3v) is 5.71. The van der Waals surface area contributed by atoms with E-state index >= 15 is 0 Å². The molecule has 0 saturated heterocycles. The summed E-state index contributed by atoms with van der Waals surface area (Å²) in [6, 6.07) is 13.5. The van der Waals surface area contributed by atoms with Gasteiger partial charge in [0.2, 0.25) is 5.88 Å². The number of aromatic nitrogens is 6. The van der Waals surface area contributed by atoms with E-state index in [1.807, 2.05) is 78.7 Å². The first-order valence-corrected chi connectivity index (χ1v) is 10.7. The second kappa shape index (κ2) is 8.22. The van der Waals surface area contributed by atoms with E-state index in [0.717, 1.165) is 39.5 Å². The van der Waals surface area contributed by atoms with Gasteiger partial charge < -0.3 is 19.2 Å². The second-order valence-electron chi connectivity index (χ2n) is 7.73. The van der Waals surface area contributed by atoms with Gasteiger partial charge in [0.1, 0.15) is 22.8 Å². The normalized spacial score (nSPS) is 11.2. The van der Waals surface area contributed by atoms with Crippen molar-refractivity contribution in [2.75, 3.05) is 12.4 Å². The summed E-state index contributed by atoms with van der Waals surface area (Å²) in [5.74, 6) is 2.44. The van der Waals surface area contributed by atoms with Gasteiger partial charge in [-0.25, -0.2) is 15.0 Å². The zero-order chi connectivity index (χ0) is 23.1. The van der Waals surface area contributed by atoms with Crippen LogP contribution in [0.25, 0.3) is 28.1 Å². The minimum absolute atomic E-state index is 0.471. The Bertz CT molecular complexity index is 1490. The number of halogens is 1. The molecule has 166 valence electrons. The number of hydrogen-bond acceptors (Lipinski definition) is 6. The molecule has 9 heteroatoms. The smallest absolute Gasteiger partial charge is 0.240 e. The van der Waals surface area contributed by atoms with E-state index in [4.69, 9.17) is 26.3 Å². The van der Waals surface area contributed by atoms with Gasteiger partial charge in [0.15, 0.2) is 5.82 Å². The number of ether oxygens (including phenoxy) is 1. The molecule has 4 aromatic heterocycles. The quantitative estimate of drug-likeness (QED) is 0.387. The monoisotopic (exact) mass is 459 g/mol. The number of methoxy groups -OCH3 is 1. The third-order valence-electron chi connectivity index (χ3n) is 5.38. The fourth-order valence-electron chi connectivity index (χ4n) is 3.80. The maximum absolute atomic E-state index is 6.44. The number of anilines is 2. The molecule has 0 amide bonds. The number of aryl methyl sites for hydroxylation is 3. The highest BCUT2D eigenvalue weighted by Crippen LogP contribution is 2.33. The van der Waals surface area contributed by atoms with Gasteiger partial charge in [0, 0.05) is 24.5 Å². The molecule has 5 rings (SSSR count). The summed E-state index contributed by atoms with van der Waals surface area (Å²) in [7, 11) is 3.57. The predicted molar refractivity (Wildman–Crippen MR) is 130 cm³/mol. The van der Waals surface area contributed by atoms with E-state index in [1.54, 1.807) is 13.4 Å². The van der Waals surface area contributed by atoms with Crippen molar-refractivity contribution < 1.29 is 4.74 Å². The highest BCUT2D eigenvalue weighted by Gasteiger charge is 2.18. The fourth-order valence-corrected chi connectivity index (χ4v) is 4.02. The van der Waals surface area contributed by atoms with Crippen molar-refractivity contribution in [3.63, 3.8) is 0 Å². The van der Waals surface area contributed by atoms with E-state index in [2.05, 4.69) is 15.3 Å². The number of imidazole rings is 2. The molecule has 0 atom stereocenters. The molecular formula is C24H22ClN7O. The van der Waals surface area contributed by atoms with Crippen molar-refractivity contribution in [2.24, 2.45) is 7.05 Å². The van der Waals surface area contributed by atoms with Crippen molar-refractivity contribution in [3.05, 3.63) is 71.4 Å². The summed E-state index contributed by atoms with van der Waals surface area (Å²) in [5.41, 5.74) is 5.10. The Morgan fingerprint density at radius 3 is 2.55 bits per heavy atom. The van der Waals surface area contributed by atoms with E-state index in [9.17, 15) is 0 Å². The Labute approximate surface area is 195 Å². The average Bonchev–Trinajstić information content (AvgIpc) is 3.37. The van der Waals surface area contributed by atoms with Crippen LogP contribution in [0.1, 0.15) is 11.4 Å². The topological polar surface area (TPSA) is 82.7 Å². The molecule has 0 fully saturated rings. The van der Waals surface area contributed by atoms with Crippen LogP contribution in [0.15, 0.2) is 55.0 Å². The number of rotatable bonds is 5. The van der Waals surface area contributed by atoms with Crippen LogP contribution in [0.2, 0.25) is 5.02 Å². The standard InChI is InChI=1S/C24H22ClN7O/c1-14-11-19-21(30-23(31(19)3)16-7-5-6-8-17(16)25)22(27-14)28-20-10-9-18(24(29-20)33-4)32-12-15(2)26-13-32/h5-13H,1-4H3,(H,27,28,29). The van der Waals surface area contributed by atoms with Crippen LogP contribution in [0.5, 0.6) is 5.88 Å². The maximum Gasteiger partial charge on any atom is 0.240 e. The van der Waals surface area contributed by atoms with Crippen molar-refractivity contribution in [1.29, 1.82) is 0 Å². The minimum Gasteiger partial charge on any atom is -0.479 e. The first kappa shape index (κ1) is 21.0. The lowest BCUT2D eigenvalue weighted by atomic mass is 10.2. The summed E-state index contributed by atoms with van der Waals surface area (Å²) >= 11 is 6.44. The third kappa shape index (κ3) is 3.78. The summed E-state index contributed by atoms with van der Waals surface area (Å²) in [4.78, 5) is 18.5. The molecule has 0 spiro atoms. The zero-order valence-electron chi connectivity index (χ0n) is 18.7. The zero-order valence-corrected chi connectivity index (χ0v) is 19.4. The van der Waals surface area contributed by atoms with Crippen molar-refractivity contribution in [1.82, 2.24) is 29.1 Å². The lowest BCUT2D eigenvalue weighted by Crippen LogP contribution is -2.03. The lowest BCUT2D eigenvalue weighted by molar-refractivity contribution is 0.396. The molecule has 4 heterocycles. The summed E-state index contributed by atoms with van der Waals surface area (Å²) in [5, 5.41) is 3.96. The van der Waals surface area contributed by atoms with Gasteiger partial charge in [0.25, 0.3) is 0 Å². The van der Waals surface area contributed by atoms with Gasteiger partial charge in [-0.05, 0) is 44.2 Å². The molecule has 0 bridgehead atoms. The Kier molecular flexibility index (Phi) is 5.22. The Balaban J connectivity index is 1.58. The number of nitrogens with zero attached hydrogens (tertiary/aromatic N) is 6. The maximum atomic E-state index is 6.44. The summed E-state index contributed by atoms with van der Waals surface area (Å²) in [6.45, 7) is 3.88. The highest BCUT2D eigenvalue weighted by molar-refractivity contribution is 6.33. The molecule has 0 aliphatic rings. The molecule has 33 heavy (non-hydrogen) atoms. The second-order valence-corrected chi connectivity index (χ2v) is 8.13. The first-order chi connectivity index (χ1) is 15.9. The highest BCUT2D eigenvalue weighted by atomic mass is 35.5. The molecule has 0 aliphatic carbocycles. The Morgan fingerprint density at radius 2 is 1.82 bits per heavy atom. The number of hydrogen-bond donors (Lipinski definition) is 1. The van der Waals surface area contributed by atoms with Crippen molar-refractivity contribution in [3.8, 4) is 23.0 Å². The van der Waals surface area contributed by atoms with Crippen molar-refractivity contribution >= 4 is 34.3 Å². The van der Waals surface area contributed by atoms with E-state index in [-0.39, 0.29) is 0 Å². The molecule has 1 N–H and O–H groups in total.